The monoisotopic (exact) mass is 338 g/mol. The number of carbonyl (C=O) groups excluding carboxylic acids is 1. The summed E-state index contributed by atoms with van der Waals surface area (Å²) in [5.41, 5.74) is -0.00397. The second-order valence-electron chi connectivity index (χ2n) is 5.63. The van der Waals surface area contributed by atoms with Crippen molar-refractivity contribution in [1.82, 2.24) is 4.90 Å². The van der Waals surface area contributed by atoms with Crippen molar-refractivity contribution in [2.24, 2.45) is 5.92 Å². The van der Waals surface area contributed by atoms with E-state index in [1.165, 1.54) is 6.07 Å². The Kier molecular flexibility index (Phi) is 4.06. The molecule has 0 bridgehead atoms. The Bertz CT molecular complexity index is 751. The van der Waals surface area contributed by atoms with Crippen LogP contribution in [-0.2, 0) is 0 Å². The lowest BCUT2D eigenvalue weighted by molar-refractivity contribution is -0.382. The smallest absolute Gasteiger partial charge is 0.287 e. The summed E-state index contributed by atoms with van der Waals surface area (Å²) in [6, 6.07) is 4.75. The molecule has 0 atom stereocenters. The highest BCUT2D eigenvalue weighted by Gasteiger charge is 2.27. The van der Waals surface area contributed by atoms with Gasteiger partial charge in [0.2, 0.25) is 0 Å². The topological polar surface area (TPSA) is 63.5 Å². The fraction of sp³-hybridized carbons (Fsp3) is 0.400. The normalized spacial score (nSPS) is 16.2. The molecule has 1 aliphatic heterocycles. The fourth-order valence-electron chi connectivity index (χ4n) is 2.71. The first-order valence-corrected chi connectivity index (χ1v) is 8.33. The first kappa shape index (κ1) is 15.2. The van der Waals surface area contributed by atoms with Gasteiger partial charge in [0.25, 0.3) is 11.6 Å². The van der Waals surface area contributed by atoms with Gasteiger partial charge in [0, 0.05) is 24.5 Å². The van der Waals surface area contributed by atoms with Crippen molar-refractivity contribution in [2.75, 3.05) is 13.1 Å². The number of nitrogens with zero attached hydrogens (tertiary/aromatic N) is 2. The zero-order valence-electron chi connectivity index (χ0n) is 12.0. The van der Waals surface area contributed by atoms with Gasteiger partial charge in [-0.2, -0.15) is 0 Å². The third kappa shape index (κ3) is 2.57. The SMILES string of the molecule is CC1CCN(C(=O)c2sc3c([N+](=O)[O-])cccc3c2Cl)CC1. The van der Waals surface area contributed by atoms with Crippen molar-refractivity contribution in [3.05, 3.63) is 38.2 Å². The summed E-state index contributed by atoms with van der Waals surface area (Å²) in [6.07, 6.45) is 1.96. The number of non-ortho nitro benzene ring substituents is 1. The van der Waals surface area contributed by atoms with Crippen molar-refractivity contribution in [3.63, 3.8) is 0 Å². The lowest BCUT2D eigenvalue weighted by atomic mass is 9.99. The molecule has 0 spiro atoms. The van der Waals surface area contributed by atoms with E-state index in [-0.39, 0.29) is 11.6 Å². The van der Waals surface area contributed by atoms with Gasteiger partial charge < -0.3 is 4.90 Å². The van der Waals surface area contributed by atoms with E-state index in [1.54, 1.807) is 17.0 Å². The minimum atomic E-state index is -0.438. The van der Waals surface area contributed by atoms with Gasteiger partial charge in [-0.3, -0.25) is 14.9 Å². The molecule has 3 rings (SSSR count). The average molecular weight is 339 g/mol. The second kappa shape index (κ2) is 5.85. The highest BCUT2D eigenvalue weighted by atomic mass is 35.5. The molecule has 0 N–H and O–H groups in total. The van der Waals surface area contributed by atoms with Crippen LogP contribution in [0.1, 0.15) is 29.4 Å². The summed E-state index contributed by atoms with van der Waals surface area (Å²) in [7, 11) is 0. The Labute approximate surface area is 136 Å². The molecule has 22 heavy (non-hydrogen) atoms. The Morgan fingerprint density at radius 3 is 2.73 bits per heavy atom. The number of benzene rings is 1. The van der Waals surface area contributed by atoms with Gasteiger partial charge >= 0.3 is 0 Å². The van der Waals surface area contributed by atoms with Crippen LogP contribution in [0, 0.1) is 16.0 Å². The minimum absolute atomic E-state index is 0.00397. The molecule has 0 aliphatic carbocycles. The van der Waals surface area contributed by atoms with Crippen molar-refractivity contribution >= 4 is 44.6 Å². The number of halogens is 1. The molecule has 1 aromatic carbocycles. The summed E-state index contributed by atoms with van der Waals surface area (Å²) in [5, 5.41) is 12.0. The number of nitro groups is 1. The molecule has 1 fully saturated rings. The van der Waals surface area contributed by atoms with E-state index in [2.05, 4.69) is 6.92 Å². The number of piperidine rings is 1. The van der Waals surface area contributed by atoms with Crippen molar-refractivity contribution < 1.29 is 9.72 Å². The molecule has 2 heterocycles. The Balaban J connectivity index is 2.01. The lowest BCUT2D eigenvalue weighted by Gasteiger charge is -2.30. The van der Waals surface area contributed by atoms with Crippen molar-refractivity contribution in [3.8, 4) is 0 Å². The quantitative estimate of drug-likeness (QED) is 0.604. The molecule has 116 valence electrons. The zero-order valence-corrected chi connectivity index (χ0v) is 13.6. The molecular formula is C15H15ClN2O3S. The molecule has 5 nitrogen and oxygen atoms in total. The number of amides is 1. The summed E-state index contributed by atoms with van der Waals surface area (Å²) in [4.78, 5) is 25.5. The average Bonchev–Trinajstić information content (AvgIpc) is 2.84. The number of rotatable bonds is 2. The van der Waals surface area contributed by atoms with E-state index in [0.29, 0.717) is 39.0 Å². The van der Waals surface area contributed by atoms with Gasteiger partial charge in [0.1, 0.15) is 9.58 Å². The highest BCUT2D eigenvalue weighted by Crippen LogP contribution is 2.40. The summed E-state index contributed by atoms with van der Waals surface area (Å²) >= 11 is 7.43. The summed E-state index contributed by atoms with van der Waals surface area (Å²) in [5.74, 6) is 0.510. The molecule has 0 unspecified atom stereocenters. The Morgan fingerprint density at radius 2 is 2.09 bits per heavy atom. The van der Waals surface area contributed by atoms with Gasteiger partial charge in [0.15, 0.2) is 0 Å². The van der Waals surface area contributed by atoms with Gasteiger partial charge in [-0.1, -0.05) is 30.7 Å². The Morgan fingerprint density at radius 1 is 1.41 bits per heavy atom. The van der Waals surface area contributed by atoms with Crippen molar-refractivity contribution in [1.29, 1.82) is 0 Å². The van der Waals surface area contributed by atoms with E-state index in [0.717, 1.165) is 24.2 Å². The van der Waals surface area contributed by atoms with Gasteiger partial charge in [-0.25, -0.2) is 0 Å². The maximum absolute atomic E-state index is 12.7. The van der Waals surface area contributed by atoms with Gasteiger partial charge in [0.05, 0.1) is 9.95 Å². The van der Waals surface area contributed by atoms with Crippen LogP contribution in [0.3, 0.4) is 0 Å². The molecular weight excluding hydrogens is 324 g/mol. The molecule has 1 saturated heterocycles. The summed E-state index contributed by atoms with van der Waals surface area (Å²) < 4.78 is 0.464. The number of fused-ring (bicyclic) bond motifs is 1. The fourth-order valence-corrected chi connectivity index (χ4v) is 4.27. The summed E-state index contributed by atoms with van der Waals surface area (Å²) in [6.45, 7) is 3.61. The molecule has 1 aromatic heterocycles. The Hall–Kier alpha value is -1.66. The molecule has 1 amide bonds. The molecule has 0 saturated carbocycles. The molecule has 7 heteroatoms. The standard InChI is InChI=1S/C15H15ClN2O3S/c1-9-5-7-17(8-6-9)15(19)14-12(16)10-3-2-4-11(18(20)21)13(10)22-14/h2-4,9H,5-8H2,1H3. The van der Waals surface area contributed by atoms with E-state index in [4.69, 9.17) is 11.6 Å². The maximum atomic E-state index is 12.7. The van der Waals surface area contributed by atoms with Crippen LogP contribution < -0.4 is 0 Å². The van der Waals surface area contributed by atoms with Crippen LogP contribution in [0.2, 0.25) is 5.02 Å². The second-order valence-corrected chi connectivity index (χ2v) is 7.03. The first-order valence-electron chi connectivity index (χ1n) is 7.13. The van der Waals surface area contributed by atoms with E-state index in [1.807, 2.05) is 0 Å². The van der Waals surface area contributed by atoms with Crippen LogP contribution in [-0.4, -0.2) is 28.8 Å². The minimum Gasteiger partial charge on any atom is -0.338 e. The first-order chi connectivity index (χ1) is 10.5. The predicted octanol–water partition coefficient (Wildman–Crippen LogP) is 4.34. The van der Waals surface area contributed by atoms with E-state index in [9.17, 15) is 14.9 Å². The predicted molar refractivity (Wildman–Crippen MR) is 87.8 cm³/mol. The zero-order chi connectivity index (χ0) is 15.9. The number of likely N-dealkylation sites (tertiary alicyclic amines) is 1. The number of hydrogen-bond acceptors (Lipinski definition) is 4. The van der Waals surface area contributed by atoms with Gasteiger partial charge in [-0.05, 0) is 18.8 Å². The molecule has 2 aromatic rings. The molecule has 1 aliphatic rings. The number of thiophene rings is 1. The van der Waals surface area contributed by atoms with Crippen LogP contribution in [0.25, 0.3) is 10.1 Å². The number of nitro benzene ring substituents is 1. The lowest BCUT2D eigenvalue weighted by Crippen LogP contribution is -2.37. The van der Waals surface area contributed by atoms with E-state index >= 15 is 0 Å². The molecule has 0 radical (unpaired) electrons. The third-order valence-corrected chi connectivity index (χ3v) is 5.82. The number of hydrogen-bond donors (Lipinski definition) is 0. The number of carbonyl (C=O) groups is 1. The van der Waals surface area contributed by atoms with Gasteiger partial charge in [-0.15, -0.1) is 11.3 Å². The largest absolute Gasteiger partial charge is 0.338 e. The van der Waals surface area contributed by atoms with Crippen LogP contribution in [0.4, 0.5) is 5.69 Å². The van der Waals surface area contributed by atoms with Crippen molar-refractivity contribution in [2.45, 2.75) is 19.8 Å². The van der Waals surface area contributed by atoms with Crippen LogP contribution in [0.5, 0.6) is 0 Å². The van der Waals surface area contributed by atoms with E-state index < -0.39 is 4.92 Å². The highest BCUT2D eigenvalue weighted by molar-refractivity contribution is 7.22. The van der Waals surface area contributed by atoms with Crippen LogP contribution in [0.15, 0.2) is 18.2 Å². The maximum Gasteiger partial charge on any atom is 0.287 e. The van der Waals surface area contributed by atoms with Crippen LogP contribution >= 0.6 is 22.9 Å². The third-order valence-electron chi connectivity index (χ3n) is 4.10.